The summed E-state index contributed by atoms with van der Waals surface area (Å²) in [6.45, 7) is 0.540. The Bertz CT molecular complexity index is 664. The maximum Gasteiger partial charge on any atom is 0.319 e. The van der Waals surface area contributed by atoms with Crippen molar-refractivity contribution in [2.24, 2.45) is 0 Å². The summed E-state index contributed by atoms with van der Waals surface area (Å²) in [7, 11) is 1.54. The first-order chi connectivity index (χ1) is 10.6. The first-order valence-electron chi connectivity index (χ1n) is 6.72. The Labute approximate surface area is 142 Å². The summed E-state index contributed by atoms with van der Waals surface area (Å²) in [5.41, 5.74) is 1.76. The molecule has 2 rings (SSSR count). The van der Waals surface area contributed by atoms with Gasteiger partial charge in [0, 0.05) is 16.7 Å². The summed E-state index contributed by atoms with van der Waals surface area (Å²) in [6.07, 6.45) is 0.748. The van der Waals surface area contributed by atoms with E-state index in [0.29, 0.717) is 23.0 Å². The van der Waals surface area contributed by atoms with Gasteiger partial charge in [0.05, 0.1) is 12.1 Å². The van der Waals surface area contributed by atoms with Gasteiger partial charge in [-0.2, -0.15) is 0 Å². The van der Waals surface area contributed by atoms with Crippen molar-refractivity contribution in [1.82, 2.24) is 5.32 Å². The molecule has 0 spiro atoms. The van der Waals surface area contributed by atoms with Gasteiger partial charge >= 0.3 is 6.03 Å². The second-order valence-electron chi connectivity index (χ2n) is 4.57. The zero-order valence-electron chi connectivity index (χ0n) is 12.0. The van der Waals surface area contributed by atoms with Gasteiger partial charge in [-0.05, 0) is 36.2 Å². The number of urea groups is 1. The molecular weight excluding hydrogens is 368 g/mol. The number of rotatable bonds is 5. The van der Waals surface area contributed by atoms with Crippen LogP contribution in [0.4, 0.5) is 10.5 Å². The van der Waals surface area contributed by atoms with Crippen molar-refractivity contribution in [2.45, 2.75) is 6.42 Å². The Morgan fingerprint density at radius 2 is 2.05 bits per heavy atom. The van der Waals surface area contributed by atoms with Crippen molar-refractivity contribution in [3.8, 4) is 5.75 Å². The molecule has 0 heterocycles. The molecule has 2 aromatic rings. The van der Waals surface area contributed by atoms with Gasteiger partial charge in [0.25, 0.3) is 0 Å². The third-order valence-electron chi connectivity index (χ3n) is 3.05. The van der Waals surface area contributed by atoms with E-state index in [0.717, 1.165) is 16.5 Å². The van der Waals surface area contributed by atoms with Crippen LogP contribution in [0.2, 0.25) is 5.02 Å². The zero-order chi connectivity index (χ0) is 15.9. The largest absolute Gasteiger partial charge is 0.495 e. The lowest BCUT2D eigenvalue weighted by Gasteiger charge is -2.10. The van der Waals surface area contributed by atoms with E-state index in [-0.39, 0.29) is 6.03 Å². The topological polar surface area (TPSA) is 50.4 Å². The lowest BCUT2D eigenvalue weighted by Crippen LogP contribution is -2.30. The van der Waals surface area contributed by atoms with Gasteiger partial charge in [-0.1, -0.05) is 45.7 Å². The molecule has 0 aromatic heterocycles. The van der Waals surface area contributed by atoms with Gasteiger partial charge in [-0.15, -0.1) is 0 Å². The quantitative estimate of drug-likeness (QED) is 0.800. The summed E-state index contributed by atoms with van der Waals surface area (Å²) in [5.74, 6) is 0.571. The highest BCUT2D eigenvalue weighted by atomic mass is 79.9. The standard InChI is InChI=1S/C16H16BrClN2O2/c1-22-15-7-6-12(10-14(15)18)20-16(21)19-9-8-11-4-2-3-5-13(11)17/h2-7,10H,8-9H2,1H3,(H2,19,20,21). The van der Waals surface area contributed by atoms with E-state index in [4.69, 9.17) is 16.3 Å². The van der Waals surface area contributed by atoms with Crippen LogP contribution in [0.1, 0.15) is 5.56 Å². The number of halogens is 2. The first kappa shape index (κ1) is 16.6. The minimum absolute atomic E-state index is 0.270. The number of anilines is 1. The third kappa shape index (κ3) is 4.64. The molecule has 0 radical (unpaired) electrons. The molecule has 4 nitrogen and oxygen atoms in total. The zero-order valence-corrected chi connectivity index (χ0v) is 14.4. The van der Waals surface area contributed by atoms with Crippen LogP contribution in [0, 0.1) is 0 Å². The molecule has 0 bridgehead atoms. The summed E-state index contributed by atoms with van der Waals surface area (Å²) in [4.78, 5) is 11.8. The van der Waals surface area contributed by atoms with Crippen LogP contribution in [0.3, 0.4) is 0 Å². The van der Waals surface area contributed by atoms with Crippen LogP contribution in [0.5, 0.6) is 5.75 Å². The Balaban J connectivity index is 1.83. The predicted molar refractivity (Wildman–Crippen MR) is 92.9 cm³/mol. The third-order valence-corrected chi connectivity index (χ3v) is 4.12. The van der Waals surface area contributed by atoms with E-state index in [9.17, 15) is 4.79 Å². The van der Waals surface area contributed by atoms with Gasteiger partial charge in [-0.3, -0.25) is 0 Å². The summed E-state index contributed by atoms with van der Waals surface area (Å²) >= 11 is 9.50. The Morgan fingerprint density at radius 1 is 1.27 bits per heavy atom. The average molecular weight is 384 g/mol. The Hall–Kier alpha value is -1.72. The van der Waals surface area contributed by atoms with Gasteiger partial charge in [-0.25, -0.2) is 4.79 Å². The van der Waals surface area contributed by atoms with Gasteiger partial charge < -0.3 is 15.4 Å². The van der Waals surface area contributed by atoms with E-state index in [1.165, 1.54) is 0 Å². The lowest BCUT2D eigenvalue weighted by molar-refractivity contribution is 0.252. The maximum atomic E-state index is 11.8. The van der Waals surface area contributed by atoms with Gasteiger partial charge in [0.15, 0.2) is 0 Å². The molecule has 0 atom stereocenters. The highest BCUT2D eigenvalue weighted by Gasteiger charge is 2.05. The van der Waals surface area contributed by atoms with Crippen molar-refractivity contribution in [3.05, 3.63) is 57.5 Å². The fourth-order valence-corrected chi connectivity index (χ4v) is 2.67. The van der Waals surface area contributed by atoms with Gasteiger partial charge in [0.1, 0.15) is 5.75 Å². The van der Waals surface area contributed by atoms with E-state index in [1.54, 1.807) is 25.3 Å². The van der Waals surface area contributed by atoms with Gasteiger partial charge in [0.2, 0.25) is 0 Å². The normalized spacial score (nSPS) is 10.1. The number of benzene rings is 2. The fraction of sp³-hybridized carbons (Fsp3) is 0.188. The number of nitrogens with one attached hydrogen (secondary N) is 2. The number of hydrogen-bond donors (Lipinski definition) is 2. The molecule has 2 aromatic carbocycles. The minimum atomic E-state index is -0.270. The first-order valence-corrected chi connectivity index (χ1v) is 7.89. The van der Waals surface area contributed by atoms with Crippen LogP contribution >= 0.6 is 27.5 Å². The van der Waals surface area contributed by atoms with Crippen LogP contribution in [0.25, 0.3) is 0 Å². The van der Waals surface area contributed by atoms with Crippen molar-refractivity contribution in [3.63, 3.8) is 0 Å². The molecule has 0 unspecified atom stereocenters. The van der Waals surface area contributed by atoms with Crippen LogP contribution in [0.15, 0.2) is 46.9 Å². The van der Waals surface area contributed by atoms with E-state index >= 15 is 0 Å². The monoisotopic (exact) mass is 382 g/mol. The molecule has 22 heavy (non-hydrogen) atoms. The Morgan fingerprint density at radius 3 is 2.73 bits per heavy atom. The van der Waals surface area contributed by atoms with Crippen LogP contribution in [-0.2, 0) is 6.42 Å². The maximum absolute atomic E-state index is 11.8. The van der Waals surface area contributed by atoms with E-state index in [1.807, 2.05) is 24.3 Å². The molecule has 116 valence electrons. The van der Waals surface area contributed by atoms with Crippen LogP contribution in [-0.4, -0.2) is 19.7 Å². The second-order valence-corrected chi connectivity index (χ2v) is 5.83. The van der Waals surface area contributed by atoms with Crippen molar-refractivity contribution < 1.29 is 9.53 Å². The summed E-state index contributed by atoms with van der Waals surface area (Å²) < 4.78 is 6.11. The predicted octanol–water partition coefficient (Wildman–Crippen LogP) is 4.48. The lowest BCUT2D eigenvalue weighted by atomic mass is 10.1. The number of carbonyl (C=O) groups is 1. The molecule has 0 aliphatic rings. The van der Waals surface area contributed by atoms with Crippen molar-refractivity contribution in [1.29, 1.82) is 0 Å². The number of hydrogen-bond acceptors (Lipinski definition) is 2. The molecule has 2 amide bonds. The fourth-order valence-electron chi connectivity index (χ4n) is 1.93. The molecule has 0 aliphatic carbocycles. The van der Waals surface area contributed by atoms with Crippen molar-refractivity contribution >= 4 is 39.2 Å². The number of carbonyl (C=O) groups excluding carboxylic acids is 1. The SMILES string of the molecule is COc1ccc(NC(=O)NCCc2ccccc2Br)cc1Cl. The smallest absolute Gasteiger partial charge is 0.319 e. The molecule has 0 saturated heterocycles. The number of ether oxygens (including phenoxy) is 1. The molecule has 0 fully saturated rings. The number of amides is 2. The van der Waals surface area contributed by atoms with Crippen LogP contribution < -0.4 is 15.4 Å². The highest BCUT2D eigenvalue weighted by molar-refractivity contribution is 9.10. The highest BCUT2D eigenvalue weighted by Crippen LogP contribution is 2.27. The number of methoxy groups -OCH3 is 1. The van der Waals surface area contributed by atoms with E-state index < -0.39 is 0 Å². The second kappa shape index (κ2) is 8.06. The Kier molecular flexibility index (Phi) is 6.10. The molecule has 2 N–H and O–H groups in total. The molecule has 0 aliphatic heterocycles. The molecule has 6 heteroatoms. The van der Waals surface area contributed by atoms with Crippen molar-refractivity contribution in [2.75, 3.05) is 19.0 Å². The molecule has 0 saturated carbocycles. The molecular formula is C16H16BrClN2O2. The minimum Gasteiger partial charge on any atom is -0.495 e. The average Bonchev–Trinajstić information content (AvgIpc) is 2.49. The summed E-state index contributed by atoms with van der Waals surface area (Å²) in [5, 5.41) is 6.00. The van der Waals surface area contributed by atoms with E-state index in [2.05, 4.69) is 26.6 Å². The summed E-state index contributed by atoms with van der Waals surface area (Å²) in [6, 6.07) is 12.8.